The first-order valence-electron chi connectivity index (χ1n) is 8.38. The van der Waals surface area contributed by atoms with Crippen LogP contribution in [0.15, 0.2) is 48.5 Å². The van der Waals surface area contributed by atoms with E-state index in [1.54, 1.807) is 7.11 Å². The predicted octanol–water partition coefficient (Wildman–Crippen LogP) is 3.13. The number of ether oxygens (including phenoxy) is 1. The number of benzene rings is 2. The molecule has 0 saturated heterocycles. The summed E-state index contributed by atoms with van der Waals surface area (Å²) in [5.41, 5.74) is 9.61. The molecule has 0 aliphatic heterocycles. The lowest BCUT2D eigenvalue weighted by Gasteiger charge is -2.22. The van der Waals surface area contributed by atoms with Gasteiger partial charge in [-0.15, -0.1) is 0 Å². The minimum atomic E-state index is -0.308. The van der Waals surface area contributed by atoms with Gasteiger partial charge in [0.1, 0.15) is 5.75 Å². The van der Waals surface area contributed by atoms with Crippen LogP contribution in [0, 0.1) is 5.92 Å². The Labute approximate surface area is 143 Å². The minimum Gasteiger partial charge on any atom is -0.496 e. The third-order valence-electron chi connectivity index (χ3n) is 4.90. The number of methoxy groups -OCH3 is 1. The summed E-state index contributed by atoms with van der Waals surface area (Å²) in [5, 5.41) is 3.16. The smallest absolute Gasteiger partial charge is 0.225 e. The molecule has 3 rings (SSSR count). The highest BCUT2D eigenvalue weighted by molar-refractivity contribution is 5.80. The molecule has 2 aromatic carbocycles. The van der Waals surface area contributed by atoms with Crippen molar-refractivity contribution in [1.82, 2.24) is 5.32 Å². The fourth-order valence-corrected chi connectivity index (χ4v) is 3.39. The zero-order valence-corrected chi connectivity index (χ0v) is 14.2. The SMILES string of the molecule is COc1cccc2c1CCC2NC(=O)C(C)C(N)c1ccccc1. The maximum Gasteiger partial charge on any atom is 0.225 e. The summed E-state index contributed by atoms with van der Waals surface area (Å²) < 4.78 is 5.42. The van der Waals surface area contributed by atoms with Crippen LogP contribution in [0.1, 0.15) is 42.1 Å². The van der Waals surface area contributed by atoms with Gasteiger partial charge in [-0.3, -0.25) is 4.79 Å². The average Bonchev–Trinajstić information content (AvgIpc) is 3.04. The summed E-state index contributed by atoms with van der Waals surface area (Å²) in [4.78, 5) is 12.7. The molecule has 2 aromatic rings. The molecule has 3 atom stereocenters. The summed E-state index contributed by atoms with van der Waals surface area (Å²) in [6, 6.07) is 15.5. The Hall–Kier alpha value is -2.33. The van der Waals surface area contributed by atoms with Crippen molar-refractivity contribution in [1.29, 1.82) is 0 Å². The lowest BCUT2D eigenvalue weighted by Crippen LogP contribution is -2.37. The van der Waals surface area contributed by atoms with Crippen molar-refractivity contribution >= 4 is 5.91 Å². The molecule has 0 fully saturated rings. The van der Waals surface area contributed by atoms with E-state index in [4.69, 9.17) is 10.5 Å². The number of hydrogen-bond acceptors (Lipinski definition) is 3. The Bertz CT molecular complexity index is 715. The van der Waals surface area contributed by atoms with E-state index >= 15 is 0 Å². The van der Waals surface area contributed by atoms with Crippen molar-refractivity contribution < 1.29 is 9.53 Å². The van der Waals surface area contributed by atoms with Crippen molar-refractivity contribution in [2.75, 3.05) is 7.11 Å². The van der Waals surface area contributed by atoms with Gasteiger partial charge in [-0.25, -0.2) is 0 Å². The first-order valence-corrected chi connectivity index (χ1v) is 8.38. The van der Waals surface area contributed by atoms with E-state index in [9.17, 15) is 4.79 Å². The molecule has 0 spiro atoms. The maximum absolute atomic E-state index is 12.7. The Morgan fingerprint density at radius 2 is 1.96 bits per heavy atom. The summed E-state index contributed by atoms with van der Waals surface area (Å²) >= 11 is 0. The van der Waals surface area contributed by atoms with Gasteiger partial charge in [0.2, 0.25) is 5.91 Å². The molecule has 24 heavy (non-hydrogen) atoms. The summed E-state index contributed by atoms with van der Waals surface area (Å²) in [6.45, 7) is 1.88. The lowest BCUT2D eigenvalue weighted by atomic mass is 9.94. The Kier molecular flexibility index (Phi) is 4.86. The zero-order chi connectivity index (χ0) is 17.1. The van der Waals surface area contributed by atoms with Crippen LogP contribution in [0.2, 0.25) is 0 Å². The van der Waals surface area contributed by atoms with Gasteiger partial charge in [-0.1, -0.05) is 49.4 Å². The number of hydrogen-bond donors (Lipinski definition) is 2. The third-order valence-corrected chi connectivity index (χ3v) is 4.90. The van der Waals surface area contributed by atoms with Gasteiger partial charge in [0.05, 0.1) is 19.1 Å². The summed E-state index contributed by atoms with van der Waals surface area (Å²) in [7, 11) is 1.68. The van der Waals surface area contributed by atoms with Gasteiger partial charge < -0.3 is 15.8 Å². The summed E-state index contributed by atoms with van der Waals surface area (Å²) in [6.07, 6.45) is 1.82. The fourth-order valence-electron chi connectivity index (χ4n) is 3.39. The van der Waals surface area contributed by atoms with E-state index in [0.717, 1.165) is 29.7 Å². The highest BCUT2D eigenvalue weighted by atomic mass is 16.5. The second-order valence-electron chi connectivity index (χ2n) is 6.35. The minimum absolute atomic E-state index is 0.00739. The Balaban J connectivity index is 1.71. The van der Waals surface area contributed by atoms with Crippen LogP contribution >= 0.6 is 0 Å². The van der Waals surface area contributed by atoms with Crippen molar-refractivity contribution in [2.45, 2.75) is 31.8 Å². The molecule has 4 heteroatoms. The van der Waals surface area contributed by atoms with Crippen LogP contribution in [0.5, 0.6) is 5.75 Å². The molecule has 126 valence electrons. The first-order chi connectivity index (χ1) is 11.6. The normalized spacial score (nSPS) is 18.5. The molecule has 0 saturated carbocycles. The highest BCUT2D eigenvalue weighted by Crippen LogP contribution is 2.37. The van der Waals surface area contributed by atoms with Crippen molar-refractivity contribution in [3.05, 3.63) is 65.2 Å². The second-order valence-corrected chi connectivity index (χ2v) is 6.35. The van der Waals surface area contributed by atoms with Gasteiger partial charge >= 0.3 is 0 Å². The number of nitrogens with one attached hydrogen (secondary N) is 1. The molecular formula is C20H24N2O2. The standard InChI is InChI=1S/C20H24N2O2/c1-13(19(21)14-7-4-3-5-8-14)20(23)22-17-12-11-16-15(17)9-6-10-18(16)24-2/h3-10,13,17,19H,11-12,21H2,1-2H3,(H,22,23). The van der Waals surface area contributed by atoms with Crippen LogP contribution in [0.3, 0.4) is 0 Å². The van der Waals surface area contributed by atoms with Crippen molar-refractivity contribution in [2.24, 2.45) is 11.7 Å². The largest absolute Gasteiger partial charge is 0.496 e. The van der Waals surface area contributed by atoms with Gasteiger partial charge in [0.25, 0.3) is 0 Å². The van der Waals surface area contributed by atoms with Gasteiger partial charge in [-0.05, 0) is 35.6 Å². The first kappa shape index (κ1) is 16.5. The molecular weight excluding hydrogens is 300 g/mol. The predicted molar refractivity (Wildman–Crippen MR) is 94.7 cm³/mol. The highest BCUT2D eigenvalue weighted by Gasteiger charge is 2.29. The molecule has 0 bridgehead atoms. The summed E-state index contributed by atoms with van der Waals surface area (Å²) in [5.74, 6) is 0.604. The van der Waals surface area contributed by atoms with E-state index in [1.165, 1.54) is 5.56 Å². The molecule has 1 amide bonds. The molecule has 1 aliphatic rings. The fraction of sp³-hybridized carbons (Fsp3) is 0.350. The quantitative estimate of drug-likeness (QED) is 0.888. The van der Waals surface area contributed by atoms with E-state index in [2.05, 4.69) is 11.4 Å². The monoisotopic (exact) mass is 324 g/mol. The molecule has 0 radical (unpaired) electrons. The Morgan fingerprint density at radius 3 is 2.67 bits per heavy atom. The number of fused-ring (bicyclic) bond motifs is 1. The topological polar surface area (TPSA) is 64.3 Å². The number of carbonyl (C=O) groups excluding carboxylic acids is 1. The molecule has 0 heterocycles. The molecule has 4 nitrogen and oxygen atoms in total. The number of amides is 1. The zero-order valence-electron chi connectivity index (χ0n) is 14.2. The molecule has 0 aromatic heterocycles. The van der Waals surface area contributed by atoms with E-state index < -0.39 is 0 Å². The van der Waals surface area contributed by atoms with Crippen LogP contribution in [0.4, 0.5) is 0 Å². The van der Waals surface area contributed by atoms with Crippen LogP contribution in [0.25, 0.3) is 0 Å². The van der Waals surface area contributed by atoms with E-state index in [-0.39, 0.29) is 23.9 Å². The third kappa shape index (κ3) is 3.15. The number of carbonyl (C=O) groups is 1. The van der Waals surface area contributed by atoms with Crippen LogP contribution < -0.4 is 15.8 Å². The van der Waals surface area contributed by atoms with Crippen LogP contribution in [-0.2, 0) is 11.2 Å². The van der Waals surface area contributed by atoms with Crippen molar-refractivity contribution in [3.8, 4) is 5.75 Å². The molecule has 3 N–H and O–H groups in total. The van der Waals surface area contributed by atoms with Gasteiger partial charge in [0.15, 0.2) is 0 Å². The van der Waals surface area contributed by atoms with Crippen LogP contribution in [-0.4, -0.2) is 13.0 Å². The van der Waals surface area contributed by atoms with Gasteiger partial charge in [0, 0.05) is 6.04 Å². The molecule has 1 aliphatic carbocycles. The maximum atomic E-state index is 12.7. The second kappa shape index (κ2) is 7.05. The molecule has 3 unspecified atom stereocenters. The number of nitrogens with two attached hydrogens (primary N) is 1. The lowest BCUT2D eigenvalue weighted by molar-refractivity contribution is -0.125. The van der Waals surface area contributed by atoms with Crippen molar-refractivity contribution in [3.63, 3.8) is 0 Å². The van der Waals surface area contributed by atoms with Gasteiger partial charge in [-0.2, -0.15) is 0 Å². The average molecular weight is 324 g/mol. The van der Waals surface area contributed by atoms with E-state index in [1.807, 2.05) is 49.4 Å². The number of rotatable bonds is 5. The Morgan fingerprint density at radius 1 is 1.21 bits per heavy atom. The van der Waals surface area contributed by atoms with E-state index in [0.29, 0.717) is 0 Å².